The van der Waals surface area contributed by atoms with Gasteiger partial charge in [0.25, 0.3) is 0 Å². The summed E-state index contributed by atoms with van der Waals surface area (Å²) in [6.45, 7) is 1.34. The number of ether oxygens (including phenoxy) is 1. The van der Waals surface area contributed by atoms with Crippen LogP contribution in [0.2, 0.25) is 5.02 Å². The van der Waals surface area contributed by atoms with Gasteiger partial charge in [0.1, 0.15) is 5.75 Å². The van der Waals surface area contributed by atoms with Crippen LogP contribution in [0.4, 0.5) is 0 Å². The van der Waals surface area contributed by atoms with E-state index < -0.39 is 0 Å². The molecule has 0 fully saturated rings. The minimum atomic E-state index is 0.257. The maximum Gasteiger partial charge on any atom is 0.218 e. The summed E-state index contributed by atoms with van der Waals surface area (Å²) in [6.07, 6.45) is 0.961. The summed E-state index contributed by atoms with van der Waals surface area (Å²) in [5.74, 6) is 2.09. The average molecular weight is 430 g/mol. The number of methoxy groups -OCH3 is 1. The van der Waals surface area contributed by atoms with Gasteiger partial charge in [0.2, 0.25) is 5.96 Å². The van der Waals surface area contributed by atoms with Crippen LogP contribution >= 0.6 is 11.6 Å². The number of rotatable bonds is 4. The molecule has 3 aromatic rings. The molecule has 1 N–H and O–H groups in total. The van der Waals surface area contributed by atoms with E-state index in [1.165, 1.54) is 16.7 Å². The van der Waals surface area contributed by atoms with E-state index in [1.54, 1.807) is 7.11 Å². The minimum absolute atomic E-state index is 0.257. The van der Waals surface area contributed by atoms with Crippen molar-refractivity contribution in [3.8, 4) is 5.75 Å². The van der Waals surface area contributed by atoms with Crippen molar-refractivity contribution < 1.29 is 4.74 Å². The molecule has 2 unspecified atom stereocenters. The van der Waals surface area contributed by atoms with Crippen LogP contribution in [0, 0.1) is 5.92 Å². The topological polar surface area (TPSA) is 46.0 Å². The van der Waals surface area contributed by atoms with Gasteiger partial charge >= 0.3 is 0 Å². The first-order chi connectivity index (χ1) is 15.2. The molecule has 1 heterocycles. The molecule has 3 aromatic carbocycles. The van der Waals surface area contributed by atoms with Crippen LogP contribution < -0.4 is 10.1 Å². The van der Waals surface area contributed by atoms with Crippen LogP contribution in [-0.4, -0.2) is 25.3 Å². The number of hydrogen-bond acceptors (Lipinski definition) is 4. The van der Waals surface area contributed by atoms with Crippen molar-refractivity contribution in [2.75, 3.05) is 13.7 Å². The number of nitrogens with one attached hydrogen (secondary N) is 1. The fraction of sp³-hybridized carbons (Fsp3) is 0.231. The van der Waals surface area contributed by atoms with E-state index in [0.717, 1.165) is 35.0 Å². The highest BCUT2D eigenvalue weighted by molar-refractivity contribution is 6.31. The van der Waals surface area contributed by atoms with Gasteiger partial charge in [-0.25, -0.2) is 4.99 Å². The van der Waals surface area contributed by atoms with Crippen LogP contribution in [0.5, 0.6) is 5.75 Å². The monoisotopic (exact) mass is 429 g/mol. The number of benzene rings is 3. The Kier molecular flexibility index (Phi) is 5.47. The number of para-hydroxylation sites is 1. The normalized spacial score (nSPS) is 19.5. The van der Waals surface area contributed by atoms with E-state index in [2.05, 4.69) is 47.8 Å². The predicted molar refractivity (Wildman–Crippen MR) is 127 cm³/mol. The molecule has 31 heavy (non-hydrogen) atoms. The summed E-state index contributed by atoms with van der Waals surface area (Å²) in [7, 11) is 1.69. The maximum atomic E-state index is 6.57. The number of hydrogen-bond donors (Lipinski definition) is 1. The fourth-order valence-corrected chi connectivity index (χ4v) is 4.87. The van der Waals surface area contributed by atoms with Crippen molar-refractivity contribution in [3.05, 3.63) is 100 Å². The fourth-order valence-electron chi connectivity index (χ4n) is 4.61. The molecule has 5 heteroatoms. The Bertz CT molecular complexity index is 1170. The smallest absolute Gasteiger partial charge is 0.218 e. The Morgan fingerprint density at radius 2 is 1.71 bits per heavy atom. The van der Waals surface area contributed by atoms with Gasteiger partial charge in [0.15, 0.2) is 0 Å². The van der Waals surface area contributed by atoms with E-state index in [1.807, 2.05) is 30.3 Å². The van der Waals surface area contributed by atoms with E-state index in [4.69, 9.17) is 26.3 Å². The number of guanidine groups is 1. The third-order valence-electron chi connectivity index (χ3n) is 6.12. The number of halogens is 1. The number of fused-ring (bicyclic) bond motifs is 3. The summed E-state index contributed by atoms with van der Waals surface area (Å²) in [5, 5.41) is 4.21. The Morgan fingerprint density at radius 1 is 0.968 bits per heavy atom. The molecule has 0 spiro atoms. The molecule has 0 aromatic heterocycles. The van der Waals surface area contributed by atoms with Gasteiger partial charge in [-0.2, -0.15) is 0 Å². The Labute approximate surface area is 187 Å². The Balaban J connectivity index is 1.44. The molecule has 2 atom stereocenters. The molecule has 0 saturated heterocycles. The SMILES string of the molecule is COc1ccccc1CNC1=NCC2CC(c3ccccc3Cl)c3ccccc3C2=N1. The summed E-state index contributed by atoms with van der Waals surface area (Å²) >= 11 is 6.57. The third kappa shape index (κ3) is 3.84. The highest BCUT2D eigenvalue weighted by atomic mass is 35.5. The van der Waals surface area contributed by atoms with Crippen LogP contribution in [0.25, 0.3) is 0 Å². The molecule has 156 valence electrons. The van der Waals surface area contributed by atoms with Crippen molar-refractivity contribution in [3.63, 3.8) is 0 Å². The summed E-state index contributed by atoms with van der Waals surface area (Å²) in [5.41, 5.74) is 5.88. The zero-order chi connectivity index (χ0) is 21.2. The van der Waals surface area contributed by atoms with Crippen LogP contribution in [0.15, 0.2) is 82.8 Å². The quantitative estimate of drug-likeness (QED) is 0.599. The first kappa shape index (κ1) is 19.8. The molecule has 0 amide bonds. The molecular formula is C26H24ClN3O. The molecule has 1 aliphatic carbocycles. The van der Waals surface area contributed by atoms with E-state index in [-0.39, 0.29) is 11.8 Å². The highest BCUT2D eigenvalue weighted by Crippen LogP contribution is 2.42. The Hall–Kier alpha value is -3.11. The molecule has 1 aliphatic heterocycles. The van der Waals surface area contributed by atoms with Crippen molar-refractivity contribution >= 4 is 23.3 Å². The lowest BCUT2D eigenvalue weighted by atomic mass is 9.72. The van der Waals surface area contributed by atoms with Gasteiger partial charge in [0.05, 0.1) is 19.4 Å². The third-order valence-corrected chi connectivity index (χ3v) is 6.46. The van der Waals surface area contributed by atoms with Gasteiger partial charge < -0.3 is 10.1 Å². The van der Waals surface area contributed by atoms with Gasteiger partial charge in [-0.05, 0) is 29.7 Å². The van der Waals surface area contributed by atoms with Gasteiger partial charge in [-0.3, -0.25) is 4.99 Å². The number of nitrogens with zero attached hydrogens (tertiary/aromatic N) is 2. The first-order valence-electron chi connectivity index (χ1n) is 10.6. The maximum absolute atomic E-state index is 6.57. The zero-order valence-corrected chi connectivity index (χ0v) is 18.1. The van der Waals surface area contributed by atoms with E-state index in [0.29, 0.717) is 12.5 Å². The van der Waals surface area contributed by atoms with E-state index in [9.17, 15) is 0 Å². The van der Waals surface area contributed by atoms with E-state index >= 15 is 0 Å². The van der Waals surface area contributed by atoms with Crippen molar-refractivity contribution in [2.24, 2.45) is 15.9 Å². The molecule has 4 nitrogen and oxygen atoms in total. The second kappa shape index (κ2) is 8.56. The lowest BCUT2D eigenvalue weighted by Crippen LogP contribution is -2.35. The molecule has 5 rings (SSSR count). The first-order valence-corrected chi connectivity index (χ1v) is 10.9. The largest absolute Gasteiger partial charge is 0.496 e. The molecule has 0 radical (unpaired) electrons. The molecule has 2 aliphatic rings. The number of aliphatic imine (C=N–C) groups is 2. The zero-order valence-electron chi connectivity index (χ0n) is 17.4. The van der Waals surface area contributed by atoms with Crippen LogP contribution in [0.1, 0.15) is 34.6 Å². The Morgan fingerprint density at radius 3 is 2.55 bits per heavy atom. The summed E-state index contributed by atoms with van der Waals surface area (Å²) in [4.78, 5) is 9.70. The molecule has 0 bridgehead atoms. The molecule has 0 saturated carbocycles. The van der Waals surface area contributed by atoms with Gasteiger partial charge in [-0.15, -0.1) is 0 Å². The van der Waals surface area contributed by atoms with Crippen molar-refractivity contribution in [2.45, 2.75) is 18.9 Å². The van der Waals surface area contributed by atoms with Crippen LogP contribution in [0.3, 0.4) is 0 Å². The van der Waals surface area contributed by atoms with Crippen molar-refractivity contribution in [1.29, 1.82) is 0 Å². The second-order valence-corrected chi connectivity index (χ2v) is 8.33. The lowest BCUT2D eigenvalue weighted by molar-refractivity contribution is 0.409. The van der Waals surface area contributed by atoms with Crippen molar-refractivity contribution in [1.82, 2.24) is 5.32 Å². The van der Waals surface area contributed by atoms with Gasteiger partial charge in [0, 0.05) is 34.5 Å². The second-order valence-electron chi connectivity index (χ2n) is 7.92. The van der Waals surface area contributed by atoms with Gasteiger partial charge in [-0.1, -0.05) is 72.3 Å². The average Bonchev–Trinajstić information content (AvgIpc) is 2.83. The predicted octanol–water partition coefficient (Wildman–Crippen LogP) is 5.45. The summed E-state index contributed by atoms with van der Waals surface area (Å²) in [6, 6.07) is 24.7. The standard InChI is InChI=1S/C26H24ClN3O/c1-31-24-13-7-2-8-17(24)15-28-26-29-16-18-14-22(20-10-5-6-12-23(20)27)19-9-3-4-11-21(19)25(18)30-26/h2-13,18,22H,14-16H2,1H3,(H,28,29). The highest BCUT2D eigenvalue weighted by Gasteiger charge is 2.35. The minimum Gasteiger partial charge on any atom is -0.496 e. The lowest BCUT2D eigenvalue weighted by Gasteiger charge is -2.34. The van der Waals surface area contributed by atoms with Crippen LogP contribution in [-0.2, 0) is 6.54 Å². The summed E-state index contributed by atoms with van der Waals surface area (Å²) < 4.78 is 5.45. The molecular weight excluding hydrogens is 406 g/mol.